The molecule has 0 spiro atoms. The van der Waals surface area contributed by atoms with E-state index in [2.05, 4.69) is 60.5 Å². The SMILES string of the molecule is Cc1ccc(/C=C2\SC(Nc3ccccc3)N([C@H]3CCCC[C@@H]3C)C2=O)cc1. The number of anilines is 1. The van der Waals surface area contributed by atoms with E-state index < -0.39 is 0 Å². The third-order valence-corrected chi connectivity index (χ3v) is 6.91. The molecule has 1 amide bonds. The molecule has 28 heavy (non-hydrogen) atoms. The lowest BCUT2D eigenvalue weighted by atomic mass is 9.85. The Balaban J connectivity index is 1.63. The highest BCUT2D eigenvalue weighted by atomic mass is 32.2. The lowest BCUT2D eigenvalue weighted by Crippen LogP contribution is -2.48. The van der Waals surface area contributed by atoms with Crippen LogP contribution in [0.4, 0.5) is 5.69 Å². The molecule has 1 heterocycles. The van der Waals surface area contributed by atoms with Gasteiger partial charge >= 0.3 is 0 Å². The Morgan fingerprint density at radius 2 is 1.75 bits per heavy atom. The maximum atomic E-state index is 13.4. The fraction of sp³-hybridized carbons (Fsp3) is 0.375. The van der Waals surface area contributed by atoms with Crippen molar-refractivity contribution < 1.29 is 4.79 Å². The third kappa shape index (κ3) is 4.12. The van der Waals surface area contributed by atoms with Crippen LogP contribution in [0.2, 0.25) is 0 Å². The van der Waals surface area contributed by atoms with Crippen molar-refractivity contribution in [2.24, 2.45) is 5.92 Å². The van der Waals surface area contributed by atoms with Crippen LogP contribution in [0.3, 0.4) is 0 Å². The van der Waals surface area contributed by atoms with Crippen molar-refractivity contribution in [1.82, 2.24) is 4.90 Å². The van der Waals surface area contributed by atoms with Crippen LogP contribution in [0.25, 0.3) is 6.08 Å². The number of hydrogen-bond donors (Lipinski definition) is 1. The van der Waals surface area contributed by atoms with Crippen molar-refractivity contribution in [1.29, 1.82) is 0 Å². The van der Waals surface area contributed by atoms with Crippen molar-refractivity contribution in [3.63, 3.8) is 0 Å². The van der Waals surface area contributed by atoms with Gasteiger partial charge in [0.05, 0.1) is 4.91 Å². The average Bonchev–Trinajstić information content (AvgIpc) is 3.00. The van der Waals surface area contributed by atoms with Gasteiger partial charge in [-0.3, -0.25) is 4.79 Å². The second-order valence-corrected chi connectivity index (χ2v) is 9.06. The standard InChI is InChI=1S/C24H28N2OS/c1-17-12-14-19(15-13-17)16-22-23(27)26(21-11-7-6-8-18(21)2)24(28-22)25-20-9-4-3-5-10-20/h3-5,9-10,12-16,18,21,24-25H,6-8,11H2,1-2H3/b22-16-/t18-,21-,24?/m0/s1. The van der Waals surface area contributed by atoms with Crippen LogP contribution >= 0.6 is 11.8 Å². The molecule has 1 aliphatic heterocycles. The molecule has 2 fully saturated rings. The number of aryl methyl sites for hydroxylation is 1. The van der Waals surface area contributed by atoms with E-state index in [-0.39, 0.29) is 11.4 Å². The number of nitrogens with one attached hydrogen (secondary N) is 1. The van der Waals surface area contributed by atoms with Gasteiger partial charge in [0.15, 0.2) is 5.50 Å². The minimum atomic E-state index is -0.0582. The molecule has 2 aromatic carbocycles. The molecule has 1 saturated carbocycles. The summed E-state index contributed by atoms with van der Waals surface area (Å²) in [7, 11) is 0. The van der Waals surface area contributed by atoms with Crippen molar-refractivity contribution in [2.75, 3.05) is 5.32 Å². The molecule has 0 aromatic heterocycles. The van der Waals surface area contributed by atoms with Crippen molar-refractivity contribution in [2.45, 2.75) is 51.1 Å². The number of para-hydroxylation sites is 1. The number of carbonyl (C=O) groups excluding carboxylic acids is 1. The Hall–Kier alpha value is -2.20. The summed E-state index contributed by atoms with van der Waals surface area (Å²) in [5.74, 6) is 0.704. The van der Waals surface area contributed by atoms with E-state index in [0.717, 1.165) is 22.6 Å². The van der Waals surface area contributed by atoms with Crippen LogP contribution < -0.4 is 5.32 Å². The molecule has 0 bridgehead atoms. The van der Waals surface area contributed by atoms with Gasteiger partial charge in [0.1, 0.15) is 0 Å². The summed E-state index contributed by atoms with van der Waals surface area (Å²) in [6, 6.07) is 18.9. The van der Waals surface area contributed by atoms with Crippen LogP contribution in [0.5, 0.6) is 0 Å². The molecule has 1 unspecified atom stereocenters. The normalized spacial score (nSPS) is 26.6. The Kier molecular flexibility index (Phi) is 5.77. The number of rotatable bonds is 4. The van der Waals surface area contributed by atoms with Gasteiger partial charge in [0, 0.05) is 11.7 Å². The Labute approximate surface area is 172 Å². The Morgan fingerprint density at radius 1 is 1.04 bits per heavy atom. The van der Waals surface area contributed by atoms with E-state index in [1.54, 1.807) is 11.8 Å². The highest BCUT2D eigenvalue weighted by Gasteiger charge is 2.42. The number of hydrogen-bond acceptors (Lipinski definition) is 3. The maximum Gasteiger partial charge on any atom is 0.262 e. The second kappa shape index (κ2) is 8.44. The van der Waals surface area contributed by atoms with E-state index in [4.69, 9.17) is 0 Å². The summed E-state index contributed by atoms with van der Waals surface area (Å²) in [5, 5.41) is 3.59. The van der Waals surface area contributed by atoms with Crippen LogP contribution in [-0.4, -0.2) is 22.3 Å². The smallest absolute Gasteiger partial charge is 0.262 e. The van der Waals surface area contributed by atoms with Gasteiger partial charge in [0.25, 0.3) is 5.91 Å². The van der Waals surface area contributed by atoms with Gasteiger partial charge < -0.3 is 10.2 Å². The molecule has 2 aromatic rings. The second-order valence-electron chi connectivity index (χ2n) is 7.94. The lowest BCUT2D eigenvalue weighted by molar-refractivity contribution is -0.129. The first-order valence-electron chi connectivity index (χ1n) is 10.2. The fourth-order valence-corrected chi connectivity index (χ4v) is 5.39. The largest absolute Gasteiger partial charge is 0.356 e. The number of thioether (sulfide) groups is 1. The van der Waals surface area contributed by atoms with Gasteiger partial charge in [-0.25, -0.2) is 0 Å². The number of benzene rings is 2. The topological polar surface area (TPSA) is 32.3 Å². The zero-order valence-corrected chi connectivity index (χ0v) is 17.4. The summed E-state index contributed by atoms with van der Waals surface area (Å²) in [4.78, 5) is 16.4. The van der Waals surface area contributed by atoms with Gasteiger partial charge in [-0.15, -0.1) is 0 Å². The van der Waals surface area contributed by atoms with E-state index in [9.17, 15) is 4.79 Å². The maximum absolute atomic E-state index is 13.4. The number of amides is 1. The first-order valence-corrected chi connectivity index (χ1v) is 11.1. The minimum absolute atomic E-state index is 0.0582. The molecule has 0 radical (unpaired) electrons. The lowest BCUT2D eigenvalue weighted by Gasteiger charge is -2.39. The molecule has 4 heteroatoms. The quantitative estimate of drug-likeness (QED) is 0.659. The highest BCUT2D eigenvalue weighted by molar-refractivity contribution is 8.05. The van der Waals surface area contributed by atoms with Gasteiger partial charge in [0.2, 0.25) is 0 Å². The van der Waals surface area contributed by atoms with E-state index in [1.165, 1.54) is 24.8 Å². The number of carbonyl (C=O) groups is 1. The van der Waals surface area contributed by atoms with Crippen LogP contribution in [0.1, 0.15) is 43.7 Å². The summed E-state index contributed by atoms with van der Waals surface area (Å²) < 4.78 is 0. The molecule has 1 N–H and O–H groups in total. The summed E-state index contributed by atoms with van der Waals surface area (Å²) in [6.45, 7) is 4.38. The van der Waals surface area contributed by atoms with Crippen molar-refractivity contribution in [3.8, 4) is 0 Å². The van der Waals surface area contributed by atoms with Gasteiger partial charge in [-0.05, 0) is 49.5 Å². The van der Waals surface area contributed by atoms with Gasteiger partial charge in [-0.2, -0.15) is 0 Å². The summed E-state index contributed by atoms with van der Waals surface area (Å²) in [5.41, 5.74) is 3.31. The molecule has 4 rings (SSSR count). The number of nitrogens with zero attached hydrogens (tertiary/aromatic N) is 1. The predicted octanol–water partition coefficient (Wildman–Crippen LogP) is 5.89. The molecular weight excluding hydrogens is 364 g/mol. The Morgan fingerprint density at radius 3 is 2.46 bits per heavy atom. The first kappa shape index (κ1) is 19.1. The first-order chi connectivity index (χ1) is 13.6. The Bertz CT molecular complexity index is 847. The van der Waals surface area contributed by atoms with Crippen molar-refractivity contribution >= 4 is 29.4 Å². The summed E-state index contributed by atoms with van der Waals surface area (Å²) >= 11 is 1.64. The fourth-order valence-electron chi connectivity index (χ4n) is 4.18. The molecule has 1 aliphatic carbocycles. The highest BCUT2D eigenvalue weighted by Crippen LogP contribution is 2.42. The minimum Gasteiger partial charge on any atom is -0.356 e. The third-order valence-electron chi connectivity index (χ3n) is 5.80. The molecule has 3 atom stereocenters. The molecular formula is C24H28N2OS. The van der Waals surface area contributed by atoms with Crippen LogP contribution in [0.15, 0.2) is 59.5 Å². The van der Waals surface area contributed by atoms with Gasteiger partial charge in [-0.1, -0.05) is 79.6 Å². The van der Waals surface area contributed by atoms with Crippen LogP contribution in [0, 0.1) is 12.8 Å². The zero-order chi connectivity index (χ0) is 19.5. The van der Waals surface area contributed by atoms with Crippen LogP contribution in [-0.2, 0) is 4.79 Å². The molecule has 2 aliphatic rings. The van der Waals surface area contributed by atoms with E-state index >= 15 is 0 Å². The average molecular weight is 393 g/mol. The molecule has 146 valence electrons. The zero-order valence-electron chi connectivity index (χ0n) is 16.6. The monoisotopic (exact) mass is 392 g/mol. The molecule has 3 nitrogen and oxygen atoms in total. The molecule has 1 saturated heterocycles. The van der Waals surface area contributed by atoms with Crippen molar-refractivity contribution in [3.05, 3.63) is 70.6 Å². The van der Waals surface area contributed by atoms with E-state index in [1.807, 2.05) is 24.3 Å². The summed E-state index contributed by atoms with van der Waals surface area (Å²) in [6.07, 6.45) is 6.82. The van der Waals surface area contributed by atoms with E-state index in [0.29, 0.717) is 12.0 Å². The predicted molar refractivity (Wildman–Crippen MR) is 119 cm³/mol.